The molecule has 12 heavy (non-hydrogen) atoms. The Kier molecular flexibility index (Phi) is 2.90. The summed E-state index contributed by atoms with van der Waals surface area (Å²) in [5, 5.41) is 0. The van der Waals surface area contributed by atoms with Crippen LogP contribution in [-0.2, 0) is 6.42 Å². The van der Waals surface area contributed by atoms with Gasteiger partial charge in [0.25, 0.3) is 0 Å². The van der Waals surface area contributed by atoms with Crippen LogP contribution in [0.25, 0.3) is 0 Å². The molecule has 1 aromatic rings. The molecule has 0 aliphatic rings. The summed E-state index contributed by atoms with van der Waals surface area (Å²) >= 11 is 0. The molecule has 0 bridgehead atoms. The minimum absolute atomic E-state index is 0.263. The van der Waals surface area contributed by atoms with Crippen molar-refractivity contribution in [3.05, 3.63) is 35.4 Å². The van der Waals surface area contributed by atoms with E-state index in [4.69, 9.17) is 12.2 Å². The minimum atomic E-state index is -0.263. The fourth-order valence-corrected chi connectivity index (χ4v) is 1.25. The van der Waals surface area contributed by atoms with Gasteiger partial charge in [-0.05, 0) is 17.5 Å². The van der Waals surface area contributed by atoms with Crippen LogP contribution < -0.4 is 5.73 Å². The zero-order chi connectivity index (χ0) is 8.97. The summed E-state index contributed by atoms with van der Waals surface area (Å²) in [5.41, 5.74) is 8.05. The van der Waals surface area contributed by atoms with Crippen molar-refractivity contribution in [2.45, 2.75) is 19.4 Å². The minimum Gasteiger partial charge on any atom is -0.314 e. The molecule has 0 saturated heterocycles. The van der Waals surface area contributed by atoms with E-state index in [1.165, 1.54) is 5.56 Å². The van der Waals surface area contributed by atoms with Crippen molar-refractivity contribution in [1.82, 2.24) is 0 Å². The summed E-state index contributed by atoms with van der Waals surface area (Å²) in [6, 6.07) is 7.76. The summed E-state index contributed by atoms with van der Waals surface area (Å²) in [7, 11) is 0. The van der Waals surface area contributed by atoms with Crippen LogP contribution in [0.15, 0.2) is 24.3 Å². The quantitative estimate of drug-likeness (QED) is 0.655. The molecular weight excluding hydrogens is 146 g/mol. The predicted octanol–water partition coefficient (Wildman–Crippen LogP) is 1.88. The van der Waals surface area contributed by atoms with Crippen molar-refractivity contribution in [1.29, 1.82) is 0 Å². The molecule has 0 saturated carbocycles. The lowest BCUT2D eigenvalue weighted by molar-refractivity contribution is 0.912. The third-order valence-corrected chi connectivity index (χ3v) is 1.95. The van der Waals surface area contributed by atoms with E-state index >= 15 is 0 Å². The first-order valence-corrected chi connectivity index (χ1v) is 4.09. The zero-order valence-electron chi connectivity index (χ0n) is 7.25. The number of hydrogen-bond donors (Lipinski definition) is 1. The molecule has 1 aromatic carbocycles. The Bertz CT molecular complexity index is 296. The molecule has 0 fully saturated rings. The molecule has 0 radical (unpaired) electrons. The van der Waals surface area contributed by atoms with Crippen LogP contribution in [0.1, 0.15) is 24.1 Å². The van der Waals surface area contributed by atoms with E-state index in [9.17, 15) is 0 Å². The number of benzene rings is 1. The molecule has 0 spiro atoms. The Morgan fingerprint density at radius 2 is 2.17 bits per heavy atom. The van der Waals surface area contributed by atoms with E-state index in [0.29, 0.717) is 0 Å². The van der Waals surface area contributed by atoms with Crippen molar-refractivity contribution >= 4 is 0 Å². The van der Waals surface area contributed by atoms with Crippen LogP contribution in [0.4, 0.5) is 0 Å². The van der Waals surface area contributed by atoms with Crippen LogP contribution in [-0.4, -0.2) is 0 Å². The smallest absolute Gasteiger partial charge is 0.0920 e. The lowest BCUT2D eigenvalue weighted by Crippen LogP contribution is -2.09. The van der Waals surface area contributed by atoms with Crippen LogP contribution >= 0.6 is 0 Å². The van der Waals surface area contributed by atoms with Crippen molar-refractivity contribution < 1.29 is 0 Å². The summed E-state index contributed by atoms with van der Waals surface area (Å²) in [4.78, 5) is 0. The number of aryl methyl sites for hydroxylation is 1. The molecule has 1 nitrogen and oxygen atoms in total. The van der Waals surface area contributed by atoms with Gasteiger partial charge in [0.2, 0.25) is 0 Å². The van der Waals surface area contributed by atoms with E-state index in [0.717, 1.165) is 12.0 Å². The molecule has 1 unspecified atom stereocenters. The molecule has 1 heteroatoms. The maximum Gasteiger partial charge on any atom is 0.0920 e. The average molecular weight is 159 g/mol. The van der Waals surface area contributed by atoms with Gasteiger partial charge in [0.05, 0.1) is 6.04 Å². The van der Waals surface area contributed by atoms with Crippen LogP contribution in [0.3, 0.4) is 0 Å². The van der Waals surface area contributed by atoms with E-state index in [2.05, 4.69) is 18.9 Å². The molecule has 62 valence electrons. The first-order valence-electron chi connectivity index (χ1n) is 4.09. The summed E-state index contributed by atoms with van der Waals surface area (Å²) in [6.45, 7) is 2.10. The van der Waals surface area contributed by atoms with Gasteiger partial charge in [-0.2, -0.15) is 0 Å². The highest BCUT2D eigenvalue weighted by Crippen LogP contribution is 2.15. The Morgan fingerprint density at radius 3 is 2.75 bits per heavy atom. The first-order chi connectivity index (χ1) is 5.79. The number of terminal acetylenes is 1. The Hall–Kier alpha value is -1.26. The number of hydrogen-bond acceptors (Lipinski definition) is 1. The van der Waals surface area contributed by atoms with Gasteiger partial charge >= 0.3 is 0 Å². The fourth-order valence-electron chi connectivity index (χ4n) is 1.25. The van der Waals surface area contributed by atoms with Gasteiger partial charge in [0.15, 0.2) is 0 Å². The average Bonchev–Trinajstić information content (AvgIpc) is 2.16. The van der Waals surface area contributed by atoms with Gasteiger partial charge in [-0.25, -0.2) is 0 Å². The number of nitrogens with two attached hydrogens (primary N) is 1. The molecule has 0 aromatic heterocycles. The second-order valence-electron chi connectivity index (χ2n) is 2.70. The van der Waals surface area contributed by atoms with Crippen LogP contribution in [0.5, 0.6) is 0 Å². The lowest BCUT2D eigenvalue weighted by atomic mass is 10.00. The predicted molar refractivity (Wildman–Crippen MR) is 51.6 cm³/mol. The van der Waals surface area contributed by atoms with Crippen LogP contribution in [0, 0.1) is 12.3 Å². The van der Waals surface area contributed by atoms with Crippen molar-refractivity contribution in [2.24, 2.45) is 5.73 Å². The van der Waals surface area contributed by atoms with Gasteiger partial charge in [-0.1, -0.05) is 37.1 Å². The molecule has 0 aliphatic heterocycles. The highest BCUT2D eigenvalue weighted by molar-refractivity contribution is 5.33. The van der Waals surface area contributed by atoms with Gasteiger partial charge < -0.3 is 5.73 Å². The van der Waals surface area contributed by atoms with Crippen molar-refractivity contribution in [3.8, 4) is 12.3 Å². The summed E-state index contributed by atoms with van der Waals surface area (Å²) in [5.74, 6) is 2.53. The first kappa shape index (κ1) is 8.83. The van der Waals surface area contributed by atoms with Gasteiger partial charge in [-0.3, -0.25) is 0 Å². The van der Waals surface area contributed by atoms with Crippen molar-refractivity contribution in [2.75, 3.05) is 0 Å². The van der Waals surface area contributed by atoms with E-state index in [1.54, 1.807) is 0 Å². The highest BCUT2D eigenvalue weighted by Gasteiger charge is 2.04. The second-order valence-corrected chi connectivity index (χ2v) is 2.70. The molecule has 2 N–H and O–H groups in total. The molecule has 0 heterocycles. The summed E-state index contributed by atoms with van der Waals surface area (Å²) < 4.78 is 0. The zero-order valence-corrected chi connectivity index (χ0v) is 7.25. The molecule has 1 rings (SSSR count). The lowest BCUT2D eigenvalue weighted by Gasteiger charge is -2.09. The van der Waals surface area contributed by atoms with Crippen molar-refractivity contribution in [3.63, 3.8) is 0 Å². The third kappa shape index (κ3) is 1.66. The fraction of sp³-hybridized carbons (Fsp3) is 0.273. The molecule has 0 aliphatic carbocycles. The topological polar surface area (TPSA) is 26.0 Å². The number of rotatable bonds is 2. The maximum atomic E-state index is 5.73. The van der Waals surface area contributed by atoms with Gasteiger partial charge in [0.1, 0.15) is 0 Å². The van der Waals surface area contributed by atoms with E-state index in [1.807, 2.05) is 18.2 Å². The monoisotopic (exact) mass is 159 g/mol. The Labute approximate surface area is 73.6 Å². The van der Waals surface area contributed by atoms with E-state index in [-0.39, 0.29) is 6.04 Å². The molecule has 1 atom stereocenters. The highest BCUT2D eigenvalue weighted by atomic mass is 14.6. The Morgan fingerprint density at radius 1 is 1.50 bits per heavy atom. The second kappa shape index (κ2) is 3.94. The molecular formula is C11H13N. The van der Waals surface area contributed by atoms with E-state index < -0.39 is 0 Å². The molecule has 0 amide bonds. The normalized spacial score (nSPS) is 12.1. The van der Waals surface area contributed by atoms with Gasteiger partial charge in [0, 0.05) is 0 Å². The largest absolute Gasteiger partial charge is 0.314 e. The third-order valence-electron chi connectivity index (χ3n) is 1.95. The standard InChI is InChI=1S/C11H13N/c1-3-9-7-5-6-8-10(9)11(12)4-2/h2,5-8,11H,3,12H2,1H3. The van der Waals surface area contributed by atoms with Crippen LogP contribution in [0.2, 0.25) is 0 Å². The maximum absolute atomic E-state index is 5.73. The van der Waals surface area contributed by atoms with Gasteiger partial charge in [-0.15, -0.1) is 6.42 Å². The SMILES string of the molecule is C#CC(N)c1ccccc1CC. The Balaban J connectivity index is 3.06. The summed E-state index contributed by atoms with van der Waals surface area (Å²) in [6.07, 6.45) is 6.23.